The number of amides is 2. The minimum Gasteiger partial charge on any atom is -0.480 e. The molecular formula is C27H29N3O3. The van der Waals surface area contributed by atoms with E-state index in [1.807, 2.05) is 66.7 Å². The number of carboxylic acids is 1. The van der Waals surface area contributed by atoms with Crippen molar-refractivity contribution in [1.29, 1.82) is 0 Å². The molecule has 3 aromatic carbocycles. The van der Waals surface area contributed by atoms with Gasteiger partial charge in [-0.15, -0.1) is 0 Å². The van der Waals surface area contributed by atoms with Gasteiger partial charge >= 0.3 is 12.0 Å². The van der Waals surface area contributed by atoms with Gasteiger partial charge in [-0.3, -0.25) is 4.90 Å². The highest BCUT2D eigenvalue weighted by Gasteiger charge is 2.30. The molecule has 1 fully saturated rings. The molecule has 170 valence electrons. The summed E-state index contributed by atoms with van der Waals surface area (Å²) in [6, 6.07) is 29.0. The lowest BCUT2D eigenvalue weighted by atomic mass is 9.96. The van der Waals surface area contributed by atoms with Crippen molar-refractivity contribution in [2.45, 2.75) is 18.5 Å². The molecule has 3 aromatic rings. The van der Waals surface area contributed by atoms with E-state index in [2.05, 4.69) is 34.5 Å². The average Bonchev–Trinajstić information content (AvgIpc) is 2.86. The fourth-order valence-electron chi connectivity index (χ4n) is 4.36. The lowest BCUT2D eigenvalue weighted by molar-refractivity contribution is -0.139. The standard InChI is InChI=1S/C27H29N3O3/c31-26(32)24(20-21-10-4-1-5-11-21)28-27(33)30-18-16-29(17-19-30)25(22-12-6-2-7-13-22)23-14-8-3-9-15-23/h1-15,24-25H,16-20H2,(H,28,33)(H,31,32)/t24-/m0/s1. The first kappa shape index (κ1) is 22.6. The molecule has 4 rings (SSSR count). The Hall–Kier alpha value is -3.64. The molecule has 1 atom stereocenters. The van der Waals surface area contributed by atoms with E-state index in [4.69, 9.17) is 0 Å². The molecule has 0 aromatic heterocycles. The normalized spacial score (nSPS) is 15.2. The number of aliphatic carboxylic acids is 1. The van der Waals surface area contributed by atoms with E-state index in [0.29, 0.717) is 26.2 Å². The number of carboxylic acid groups (broad SMARTS) is 1. The monoisotopic (exact) mass is 443 g/mol. The maximum atomic E-state index is 12.9. The van der Waals surface area contributed by atoms with Gasteiger partial charge in [-0.2, -0.15) is 0 Å². The van der Waals surface area contributed by atoms with Gasteiger partial charge in [0.15, 0.2) is 0 Å². The van der Waals surface area contributed by atoms with Crippen LogP contribution in [0, 0.1) is 0 Å². The van der Waals surface area contributed by atoms with Crippen LogP contribution in [0.5, 0.6) is 0 Å². The Labute approximate surface area is 194 Å². The Kier molecular flexibility index (Phi) is 7.37. The summed E-state index contributed by atoms with van der Waals surface area (Å²) in [6.45, 7) is 2.50. The summed E-state index contributed by atoms with van der Waals surface area (Å²) in [7, 11) is 0. The van der Waals surface area contributed by atoms with E-state index in [1.54, 1.807) is 4.90 Å². The van der Waals surface area contributed by atoms with Crippen LogP contribution >= 0.6 is 0 Å². The number of urea groups is 1. The number of piperazine rings is 1. The maximum absolute atomic E-state index is 12.9. The third-order valence-electron chi connectivity index (χ3n) is 6.08. The molecule has 0 unspecified atom stereocenters. The summed E-state index contributed by atoms with van der Waals surface area (Å²) in [5, 5.41) is 12.3. The largest absolute Gasteiger partial charge is 0.480 e. The molecule has 2 amide bonds. The van der Waals surface area contributed by atoms with Crippen molar-refractivity contribution in [3.05, 3.63) is 108 Å². The zero-order chi connectivity index (χ0) is 23.0. The zero-order valence-electron chi connectivity index (χ0n) is 18.5. The maximum Gasteiger partial charge on any atom is 0.326 e. The molecule has 0 radical (unpaired) electrons. The number of carbonyl (C=O) groups excluding carboxylic acids is 1. The van der Waals surface area contributed by atoms with Crippen LogP contribution in [0.4, 0.5) is 4.79 Å². The second-order valence-electron chi connectivity index (χ2n) is 8.28. The van der Waals surface area contributed by atoms with Crippen LogP contribution in [-0.2, 0) is 11.2 Å². The van der Waals surface area contributed by atoms with Crippen molar-refractivity contribution < 1.29 is 14.7 Å². The lowest BCUT2D eigenvalue weighted by Gasteiger charge is -2.40. The van der Waals surface area contributed by atoms with Crippen LogP contribution in [0.1, 0.15) is 22.7 Å². The first-order valence-corrected chi connectivity index (χ1v) is 11.3. The molecule has 1 heterocycles. The van der Waals surface area contributed by atoms with Crippen LogP contribution in [-0.4, -0.2) is 59.1 Å². The summed E-state index contributed by atoms with van der Waals surface area (Å²) in [5.74, 6) is -1.03. The number of hydrogen-bond donors (Lipinski definition) is 2. The van der Waals surface area contributed by atoms with Gasteiger partial charge in [0.25, 0.3) is 0 Å². The Morgan fingerprint density at radius 2 is 1.24 bits per heavy atom. The number of carbonyl (C=O) groups is 2. The van der Waals surface area contributed by atoms with Crippen LogP contribution < -0.4 is 5.32 Å². The zero-order valence-corrected chi connectivity index (χ0v) is 18.5. The summed E-state index contributed by atoms with van der Waals surface area (Å²) in [5.41, 5.74) is 3.31. The Morgan fingerprint density at radius 1 is 0.758 bits per heavy atom. The minimum atomic E-state index is -1.03. The molecule has 1 aliphatic heterocycles. The topological polar surface area (TPSA) is 72.9 Å². The Bertz CT molecular complexity index is 996. The van der Waals surface area contributed by atoms with Crippen molar-refractivity contribution in [2.24, 2.45) is 0 Å². The second kappa shape index (κ2) is 10.8. The Balaban J connectivity index is 1.40. The van der Waals surface area contributed by atoms with E-state index in [9.17, 15) is 14.7 Å². The smallest absolute Gasteiger partial charge is 0.326 e. The fraction of sp³-hybridized carbons (Fsp3) is 0.259. The van der Waals surface area contributed by atoms with Crippen LogP contribution in [0.25, 0.3) is 0 Å². The number of hydrogen-bond acceptors (Lipinski definition) is 3. The van der Waals surface area contributed by atoms with Crippen LogP contribution in [0.15, 0.2) is 91.0 Å². The average molecular weight is 444 g/mol. The highest BCUT2D eigenvalue weighted by atomic mass is 16.4. The molecule has 0 bridgehead atoms. The first-order chi connectivity index (χ1) is 16.1. The van der Waals surface area contributed by atoms with Gasteiger partial charge in [-0.25, -0.2) is 9.59 Å². The minimum absolute atomic E-state index is 0.113. The molecule has 0 aliphatic carbocycles. The molecule has 0 spiro atoms. The third kappa shape index (κ3) is 5.79. The van der Waals surface area contributed by atoms with Crippen LogP contribution in [0.2, 0.25) is 0 Å². The van der Waals surface area contributed by atoms with Gasteiger partial charge in [0.1, 0.15) is 6.04 Å². The SMILES string of the molecule is O=C(O)[C@H](Cc1ccccc1)NC(=O)N1CCN(C(c2ccccc2)c2ccccc2)CC1. The van der Waals surface area contributed by atoms with Gasteiger partial charge in [-0.05, 0) is 16.7 Å². The van der Waals surface area contributed by atoms with Crippen molar-refractivity contribution >= 4 is 12.0 Å². The quantitative estimate of drug-likeness (QED) is 0.583. The van der Waals surface area contributed by atoms with E-state index in [1.165, 1.54) is 11.1 Å². The summed E-state index contributed by atoms with van der Waals surface area (Å²) >= 11 is 0. The summed E-state index contributed by atoms with van der Waals surface area (Å²) in [4.78, 5) is 28.7. The van der Waals surface area contributed by atoms with Crippen molar-refractivity contribution in [2.75, 3.05) is 26.2 Å². The molecule has 1 aliphatic rings. The number of rotatable bonds is 7. The first-order valence-electron chi connectivity index (χ1n) is 11.3. The van der Waals surface area contributed by atoms with Crippen molar-refractivity contribution in [3.8, 4) is 0 Å². The van der Waals surface area contributed by atoms with Crippen molar-refractivity contribution in [1.82, 2.24) is 15.1 Å². The molecule has 0 saturated carbocycles. The van der Waals surface area contributed by atoms with Gasteiger partial charge in [0.2, 0.25) is 0 Å². The second-order valence-corrected chi connectivity index (χ2v) is 8.28. The molecular weight excluding hydrogens is 414 g/mol. The van der Waals surface area contributed by atoms with E-state index < -0.39 is 12.0 Å². The van der Waals surface area contributed by atoms with E-state index in [0.717, 1.165) is 5.56 Å². The van der Waals surface area contributed by atoms with Crippen molar-refractivity contribution in [3.63, 3.8) is 0 Å². The third-order valence-corrected chi connectivity index (χ3v) is 6.08. The molecule has 33 heavy (non-hydrogen) atoms. The van der Waals surface area contributed by atoms with Gasteiger partial charge in [0.05, 0.1) is 6.04 Å². The summed E-state index contributed by atoms with van der Waals surface area (Å²) in [6.07, 6.45) is 0.256. The van der Waals surface area contributed by atoms with E-state index in [-0.39, 0.29) is 18.5 Å². The van der Waals surface area contributed by atoms with Crippen LogP contribution in [0.3, 0.4) is 0 Å². The highest BCUT2D eigenvalue weighted by Crippen LogP contribution is 2.29. The van der Waals surface area contributed by atoms with Gasteiger partial charge in [-0.1, -0.05) is 91.0 Å². The summed E-state index contributed by atoms with van der Waals surface area (Å²) < 4.78 is 0. The van der Waals surface area contributed by atoms with Gasteiger partial charge < -0.3 is 15.3 Å². The number of benzene rings is 3. The van der Waals surface area contributed by atoms with Gasteiger partial charge in [0, 0.05) is 32.6 Å². The molecule has 1 saturated heterocycles. The molecule has 6 nitrogen and oxygen atoms in total. The Morgan fingerprint density at radius 3 is 1.73 bits per heavy atom. The molecule has 2 N–H and O–H groups in total. The molecule has 6 heteroatoms. The van der Waals surface area contributed by atoms with E-state index >= 15 is 0 Å². The highest BCUT2D eigenvalue weighted by molar-refractivity contribution is 5.82. The number of nitrogens with one attached hydrogen (secondary N) is 1. The predicted octanol–water partition coefficient (Wildman–Crippen LogP) is 3.80. The fourth-order valence-corrected chi connectivity index (χ4v) is 4.36. The number of nitrogens with zero attached hydrogens (tertiary/aromatic N) is 2. The lowest BCUT2D eigenvalue weighted by Crippen LogP contribution is -2.55. The predicted molar refractivity (Wildman–Crippen MR) is 128 cm³/mol.